The lowest BCUT2D eigenvalue weighted by molar-refractivity contribution is 0.443. The molecule has 2 rings (SSSR count). The number of halogens is 2. The minimum atomic E-state index is 0. The highest BCUT2D eigenvalue weighted by molar-refractivity contribution is 14.0. The Kier molecular flexibility index (Phi) is 9.78. The smallest absolute Gasteiger partial charge is 0.191 e. The van der Waals surface area contributed by atoms with Gasteiger partial charge in [-0.15, -0.1) is 24.0 Å². The summed E-state index contributed by atoms with van der Waals surface area (Å²) in [6.45, 7) is 7.44. The van der Waals surface area contributed by atoms with Crippen LogP contribution in [0.2, 0.25) is 5.02 Å². The van der Waals surface area contributed by atoms with Crippen LogP contribution in [0.25, 0.3) is 0 Å². The van der Waals surface area contributed by atoms with Gasteiger partial charge in [-0.05, 0) is 36.6 Å². The van der Waals surface area contributed by atoms with Crippen molar-refractivity contribution >= 4 is 41.5 Å². The van der Waals surface area contributed by atoms with E-state index in [1.165, 1.54) is 0 Å². The van der Waals surface area contributed by atoms with Crippen molar-refractivity contribution in [2.45, 2.75) is 26.9 Å². The molecule has 0 saturated carbocycles. The summed E-state index contributed by atoms with van der Waals surface area (Å²) in [7, 11) is 0. The van der Waals surface area contributed by atoms with Crippen LogP contribution in [0.5, 0.6) is 0 Å². The number of hydrogen-bond donors (Lipinski definition) is 2. The van der Waals surface area contributed by atoms with Crippen LogP contribution in [0.15, 0.2) is 47.7 Å². The van der Waals surface area contributed by atoms with E-state index >= 15 is 0 Å². The molecule has 0 aliphatic carbocycles. The van der Waals surface area contributed by atoms with Gasteiger partial charge in [0.05, 0.1) is 6.54 Å². The van der Waals surface area contributed by atoms with E-state index in [2.05, 4.69) is 34.6 Å². The summed E-state index contributed by atoms with van der Waals surface area (Å²) in [4.78, 5) is 4.61. The van der Waals surface area contributed by atoms with Crippen LogP contribution in [0.1, 0.15) is 19.4 Å². The Bertz CT molecular complexity index is 598. The van der Waals surface area contributed by atoms with Gasteiger partial charge in [-0.2, -0.15) is 5.10 Å². The molecule has 0 aliphatic rings. The molecule has 0 amide bonds. The van der Waals surface area contributed by atoms with E-state index in [4.69, 9.17) is 11.6 Å². The predicted molar refractivity (Wildman–Crippen MR) is 111 cm³/mol. The van der Waals surface area contributed by atoms with Crippen LogP contribution in [0.4, 0.5) is 0 Å². The predicted octanol–water partition coefficient (Wildman–Crippen LogP) is 3.55. The van der Waals surface area contributed by atoms with E-state index in [9.17, 15) is 0 Å². The molecule has 5 nitrogen and oxygen atoms in total. The zero-order valence-corrected chi connectivity index (χ0v) is 17.2. The van der Waals surface area contributed by atoms with Crippen LogP contribution in [-0.2, 0) is 13.1 Å². The van der Waals surface area contributed by atoms with Crippen molar-refractivity contribution in [1.82, 2.24) is 20.4 Å². The molecule has 0 radical (unpaired) electrons. The first kappa shape index (κ1) is 20.8. The summed E-state index contributed by atoms with van der Waals surface area (Å²) in [6.07, 6.45) is 3.79. The van der Waals surface area contributed by atoms with Gasteiger partial charge in [0.2, 0.25) is 0 Å². The average Bonchev–Trinajstić information content (AvgIpc) is 3.04. The lowest BCUT2D eigenvalue weighted by Gasteiger charge is -2.16. The number of aliphatic imine (C=N–C) groups is 1. The highest BCUT2D eigenvalue weighted by Crippen LogP contribution is 2.10. The van der Waals surface area contributed by atoms with Crippen LogP contribution in [-0.4, -0.2) is 28.8 Å². The molecular formula is C17H25ClIN5. The number of hydrogen-bond acceptors (Lipinski definition) is 2. The molecular weight excluding hydrogens is 437 g/mol. The van der Waals surface area contributed by atoms with Crippen LogP contribution < -0.4 is 10.6 Å². The van der Waals surface area contributed by atoms with Crippen molar-refractivity contribution in [3.63, 3.8) is 0 Å². The maximum absolute atomic E-state index is 5.90. The monoisotopic (exact) mass is 461 g/mol. The normalized spacial score (nSPS) is 12.4. The molecule has 2 aromatic rings. The molecule has 0 aliphatic heterocycles. The fourth-order valence-electron chi connectivity index (χ4n) is 2.17. The summed E-state index contributed by atoms with van der Waals surface area (Å²) < 4.78 is 1.95. The van der Waals surface area contributed by atoms with E-state index in [1.54, 1.807) is 6.20 Å². The topological polar surface area (TPSA) is 54.2 Å². The van der Waals surface area contributed by atoms with Gasteiger partial charge in [0.1, 0.15) is 0 Å². The average molecular weight is 462 g/mol. The molecule has 0 spiro atoms. The fraction of sp³-hybridized carbons (Fsp3) is 0.412. The number of rotatable bonds is 7. The third-order valence-corrected chi connectivity index (χ3v) is 3.61. The minimum Gasteiger partial charge on any atom is -0.357 e. The van der Waals surface area contributed by atoms with Gasteiger partial charge in [-0.1, -0.05) is 30.7 Å². The first-order valence-corrected chi connectivity index (χ1v) is 8.29. The number of aromatic nitrogens is 2. The first-order valence-electron chi connectivity index (χ1n) is 7.91. The van der Waals surface area contributed by atoms with Gasteiger partial charge < -0.3 is 10.6 Å². The van der Waals surface area contributed by atoms with Gasteiger partial charge in [-0.3, -0.25) is 4.68 Å². The van der Waals surface area contributed by atoms with Crippen molar-refractivity contribution in [1.29, 1.82) is 0 Å². The van der Waals surface area contributed by atoms with Gasteiger partial charge in [0.25, 0.3) is 0 Å². The summed E-state index contributed by atoms with van der Waals surface area (Å²) in [5, 5.41) is 11.6. The minimum absolute atomic E-state index is 0. The van der Waals surface area contributed by atoms with E-state index in [0.717, 1.165) is 36.2 Å². The van der Waals surface area contributed by atoms with Crippen molar-refractivity contribution in [3.8, 4) is 0 Å². The molecule has 0 bridgehead atoms. The maximum atomic E-state index is 5.90. The molecule has 1 aromatic heterocycles. The molecule has 1 heterocycles. The second-order valence-electron chi connectivity index (χ2n) is 5.54. The van der Waals surface area contributed by atoms with Crippen molar-refractivity contribution in [3.05, 3.63) is 53.3 Å². The Hall–Kier alpha value is -1.28. The molecule has 24 heavy (non-hydrogen) atoms. The lowest BCUT2D eigenvalue weighted by Crippen LogP contribution is -2.40. The number of nitrogens with zero attached hydrogens (tertiary/aromatic N) is 3. The fourth-order valence-corrected chi connectivity index (χ4v) is 2.29. The Morgan fingerprint density at radius 2 is 2.04 bits per heavy atom. The number of benzene rings is 1. The van der Waals surface area contributed by atoms with Crippen molar-refractivity contribution < 1.29 is 0 Å². The van der Waals surface area contributed by atoms with Gasteiger partial charge >= 0.3 is 0 Å². The maximum Gasteiger partial charge on any atom is 0.191 e. The van der Waals surface area contributed by atoms with Crippen LogP contribution in [0, 0.1) is 5.92 Å². The summed E-state index contributed by atoms with van der Waals surface area (Å²) in [5.41, 5.74) is 1.14. The molecule has 2 N–H and O–H groups in total. The Balaban J connectivity index is 0.00000288. The largest absolute Gasteiger partial charge is 0.357 e. The standard InChI is InChI=1S/C17H24ClN5.HI/c1-3-19-17(21-12-15-5-7-16(18)8-6-15)20-11-14(2)13-23-10-4-9-22-23;/h4-10,14H,3,11-13H2,1-2H3,(H2,19,20,21);1H. The quantitative estimate of drug-likeness (QED) is 0.377. The van der Waals surface area contributed by atoms with Crippen LogP contribution in [0.3, 0.4) is 0 Å². The Labute approximate surface area is 165 Å². The molecule has 0 fully saturated rings. The number of nitrogens with one attached hydrogen (secondary N) is 2. The second kappa shape index (κ2) is 11.3. The summed E-state index contributed by atoms with van der Waals surface area (Å²) in [5.74, 6) is 1.28. The van der Waals surface area contributed by atoms with Crippen molar-refractivity contribution in [2.24, 2.45) is 10.9 Å². The third kappa shape index (κ3) is 7.53. The molecule has 0 saturated heterocycles. The second-order valence-corrected chi connectivity index (χ2v) is 5.97. The summed E-state index contributed by atoms with van der Waals surface area (Å²) in [6, 6.07) is 9.71. The van der Waals surface area contributed by atoms with Gasteiger partial charge in [0, 0.05) is 37.1 Å². The SMILES string of the molecule is CCNC(=NCc1ccc(Cl)cc1)NCC(C)Cn1cccn1.I. The van der Waals surface area contributed by atoms with Gasteiger partial charge in [0.15, 0.2) is 5.96 Å². The molecule has 7 heteroatoms. The molecule has 1 atom stereocenters. The number of guanidine groups is 1. The Morgan fingerprint density at radius 1 is 1.29 bits per heavy atom. The summed E-state index contributed by atoms with van der Waals surface area (Å²) >= 11 is 5.90. The highest BCUT2D eigenvalue weighted by Gasteiger charge is 2.05. The Morgan fingerprint density at radius 3 is 2.67 bits per heavy atom. The molecule has 132 valence electrons. The molecule has 1 aromatic carbocycles. The van der Waals surface area contributed by atoms with Gasteiger partial charge in [-0.25, -0.2) is 4.99 Å². The van der Waals surface area contributed by atoms with E-state index in [0.29, 0.717) is 12.5 Å². The van der Waals surface area contributed by atoms with E-state index in [-0.39, 0.29) is 24.0 Å². The van der Waals surface area contributed by atoms with Crippen LogP contribution >= 0.6 is 35.6 Å². The third-order valence-electron chi connectivity index (χ3n) is 3.35. The highest BCUT2D eigenvalue weighted by atomic mass is 127. The lowest BCUT2D eigenvalue weighted by atomic mass is 10.2. The molecule has 1 unspecified atom stereocenters. The van der Waals surface area contributed by atoms with E-state index < -0.39 is 0 Å². The zero-order chi connectivity index (χ0) is 16.5. The zero-order valence-electron chi connectivity index (χ0n) is 14.1. The van der Waals surface area contributed by atoms with Crippen molar-refractivity contribution in [2.75, 3.05) is 13.1 Å². The first-order chi connectivity index (χ1) is 11.2. The van der Waals surface area contributed by atoms with E-state index in [1.807, 2.05) is 41.2 Å².